The summed E-state index contributed by atoms with van der Waals surface area (Å²) in [7, 11) is -3.54. The quantitative estimate of drug-likeness (QED) is 0.634. The highest BCUT2D eigenvalue weighted by molar-refractivity contribution is 7.90. The summed E-state index contributed by atoms with van der Waals surface area (Å²) >= 11 is 1.19. The van der Waals surface area contributed by atoms with Crippen LogP contribution in [0.25, 0.3) is 11.5 Å². The molecule has 0 unspecified atom stereocenters. The van der Waals surface area contributed by atoms with Gasteiger partial charge in [-0.1, -0.05) is 12.1 Å². The van der Waals surface area contributed by atoms with Gasteiger partial charge in [-0.3, -0.25) is 14.9 Å². The largest absolute Gasteiger partial charge is 0.458 e. The number of hydrogen-bond acceptors (Lipinski definition) is 7. The number of sulfone groups is 1. The number of hydrogen-bond donors (Lipinski definition) is 2. The molecule has 0 aliphatic carbocycles. The molecule has 0 spiro atoms. The maximum absolute atomic E-state index is 12.5. The fourth-order valence-corrected chi connectivity index (χ4v) is 3.99. The lowest BCUT2D eigenvalue weighted by Crippen LogP contribution is -2.18. The number of nitrogens with zero attached hydrogens (tertiary/aromatic N) is 1. The Kier molecular flexibility index (Phi) is 5.61. The third kappa shape index (κ3) is 4.65. The molecular weight excluding hydrogens is 402 g/mol. The lowest BCUT2D eigenvalue weighted by atomic mass is 10.2. The minimum atomic E-state index is -3.54. The molecule has 2 aromatic heterocycles. The van der Waals surface area contributed by atoms with Crippen molar-refractivity contribution in [2.75, 3.05) is 11.6 Å². The molecule has 8 nitrogen and oxygen atoms in total. The van der Waals surface area contributed by atoms with Gasteiger partial charge in [-0.05, 0) is 24.3 Å². The monoisotopic (exact) mass is 419 g/mol. The van der Waals surface area contributed by atoms with Gasteiger partial charge >= 0.3 is 0 Å². The summed E-state index contributed by atoms with van der Waals surface area (Å²) < 4.78 is 29.4. The number of carbonyl (C=O) groups excluding carboxylic acids is 2. The first-order chi connectivity index (χ1) is 13.2. The highest BCUT2D eigenvalue weighted by Gasteiger charge is 2.19. The van der Waals surface area contributed by atoms with Gasteiger partial charge in [0, 0.05) is 18.6 Å². The molecule has 0 aliphatic heterocycles. The van der Waals surface area contributed by atoms with Crippen LogP contribution in [0.15, 0.2) is 51.1 Å². The van der Waals surface area contributed by atoms with Gasteiger partial charge in [0.05, 0.1) is 17.0 Å². The molecule has 1 aromatic carbocycles. The van der Waals surface area contributed by atoms with Crippen molar-refractivity contribution in [3.8, 4) is 11.5 Å². The van der Waals surface area contributed by atoms with E-state index in [1.54, 1.807) is 29.6 Å². The van der Waals surface area contributed by atoms with Crippen molar-refractivity contribution in [3.05, 3.63) is 53.1 Å². The minimum Gasteiger partial charge on any atom is -0.458 e. The maximum atomic E-state index is 12.5. The summed E-state index contributed by atoms with van der Waals surface area (Å²) in [5.41, 5.74) is 0.572. The molecule has 0 saturated heterocycles. The van der Waals surface area contributed by atoms with Gasteiger partial charge in [-0.15, -0.1) is 11.3 Å². The van der Waals surface area contributed by atoms with Crippen molar-refractivity contribution >= 4 is 38.1 Å². The predicted octanol–water partition coefficient (Wildman–Crippen LogP) is 2.70. The fourth-order valence-electron chi connectivity index (χ4n) is 2.41. The normalized spacial score (nSPS) is 11.2. The number of thiazole rings is 1. The van der Waals surface area contributed by atoms with Crippen LogP contribution in [0, 0.1) is 0 Å². The van der Waals surface area contributed by atoms with Gasteiger partial charge in [0.15, 0.2) is 20.7 Å². The van der Waals surface area contributed by atoms with Gasteiger partial charge < -0.3 is 9.73 Å². The fraction of sp³-hybridized carbons (Fsp3) is 0.167. The molecule has 0 saturated carbocycles. The molecule has 3 rings (SSSR count). The van der Waals surface area contributed by atoms with E-state index in [4.69, 9.17) is 4.42 Å². The molecule has 2 amide bonds. The van der Waals surface area contributed by atoms with E-state index in [9.17, 15) is 18.0 Å². The number of furan rings is 1. The molecule has 0 radical (unpaired) electrons. The second kappa shape index (κ2) is 7.95. The van der Waals surface area contributed by atoms with Gasteiger partial charge in [-0.25, -0.2) is 13.4 Å². The molecule has 2 N–H and O–H groups in total. The van der Waals surface area contributed by atoms with Crippen LogP contribution in [0.3, 0.4) is 0 Å². The average molecular weight is 419 g/mol. The number of nitrogens with one attached hydrogen (secondary N) is 2. The van der Waals surface area contributed by atoms with Crippen LogP contribution in [0.4, 0.5) is 5.13 Å². The molecule has 28 heavy (non-hydrogen) atoms. The van der Waals surface area contributed by atoms with Gasteiger partial charge in [0.2, 0.25) is 5.91 Å². The van der Waals surface area contributed by atoms with E-state index in [0.29, 0.717) is 22.3 Å². The molecule has 0 fully saturated rings. The number of anilines is 1. The van der Waals surface area contributed by atoms with Crippen molar-refractivity contribution in [1.82, 2.24) is 10.3 Å². The number of benzene rings is 1. The first-order valence-corrected chi connectivity index (χ1v) is 10.9. The van der Waals surface area contributed by atoms with Crippen LogP contribution in [-0.4, -0.2) is 31.5 Å². The molecular formula is C18H17N3O5S2. The highest BCUT2D eigenvalue weighted by atomic mass is 32.2. The smallest absolute Gasteiger partial charge is 0.258 e. The highest BCUT2D eigenvalue weighted by Crippen LogP contribution is 2.27. The van der Waals surface area contributed by atoms with Crippen LogP contribution in [0.2, 0.25) is 0 Å². The van der Waals surface area contributed by atoms with Gasteiger partial charge in [0.25, 0.3) is 5.91 Å². The molecule has 10 heteroatoms. The van der Waals surface area contributed by atoms with E-state index in [0.717, 1.165) is 6.26 Å². The Morgan fingerprint density at radius 3 is 2.64 bits per heavy atom. The summed E-state index contributed by atoms with van der Waals surface area (Å²) in [6.45, 7) is 1.69. The number of aromatic nitrogens is 1. The van der Waals surface area contributed by atoms with E-state index in [2.05, 4.69) is 15.6 Å². The Morgan fingerprint density at radius 2 is 1.93 bits per heavy atom. The van der Waals surface area contributed by atoms with Crippen molar-refractivity contribution in [2.45, 2.75) is 18.4 Å². The standard InChI is InChI=1S/C18H17N3O5S2/c1-11(22)19-9-12-7-8-15(26-12)14-10-27-18(20-14)21-17(23)13-5-3-4-6-16(13)28(2,24)25/h3-8,10H,9H2,1-2H3,(H,19,22)(H,20,21,23). The predicted molar refractivity (Wildman–Crippen MR) is 105 cm³/mol. The number of rotatable bonds is 6. The van der Waals surface area contributed by atoms with E-state index in [1.165, 1.54) is 30.4 Å². The molecule has 0 aliphatic rings. The lowest BCUT2D eigenvalue weighted by Gasteiger charge is -2.06. The van der Waals surface area contributed by atoms with Crippen molar-refractivity contribution in [3.63, 3.8) is 0 Å². The Morgan fingerprint density at radius 1 is 1.18 bits per heavy atom. The van der Waals surface area contributed by atoms with E-state index >= 15 is 0 Å². The summed E-state index contributed by atoms with van der Waals surface area (Å²) in [6, 6.07) is 9.43. The van der Waals surface area contributed by atoms with Crippen LogP contribution >= 0.6 is 11.3 Å². The van der Waals surface area contributed by atoms with Gasteiger partial charge in [0.1, 0.15) is 11.5 Å². The maximum Gasteiger partial charge on any atom is 0.258 e. The second-order valence-electron chi connectivity index (χ2n) is 5.94. The van der Waals surface area contributed by atoms with Gasteiger partial charge in [-0.2, -0.15) is 0 Å². The zero-order valence-electron chi connectivity index (χ0n) is 15.1. The third-order valence-corrected chi connectivity index (χ3v) is 5.59. The first kappa shape index (κ1) is 19.8. The Hall–Kier alpha value is -2.98. The first-order valence-electron chi connectivity index (χ1n) is 8.13. The summed E-state index contributed by atoms with van der Waals surface area (Å²) in [5, 5.41) is 7.27. The Labute approximate surface area is 165 Å². The van der Waals surface area contributed by atoms with Crippen LogP contribution in [0.1, 0.15) is 23.0 Å². The minimum absolute atomic E-state index is 0.0436. The third-order valence-electron chi connectivity index (χ3n) is 3.68. The van der Waals surface area contributed by atoms with Crippen LogP contribution < -0.4 is 10.6 Å². The van der Waals surface area contributed by atoms with Crippen molar-refractivity contribution in [2.24, 2.45) is 0 Å². The summed E-state index contributed by atoms with van der Waals surface area (Å²) in [6.07, 6.45) is 1.05. The zero-order valence-corrected chi connectivity index (χ0v) is 16.7. The van der Waals surface area contributed by atoms with Crippen LogP contribution in [-0.2, 0) is 21.2 Å². The van der Waals surface area contributed by atoms with E-state index in [1.807, 2.05) is 0 Å². The van der Waals surface area contributed by atoms with E-state index < -0.39 is 15.7 Å². The van der Waals surface area contributed by atoms with Crippen molar-refractivity contribution in [1.29, 1.82) is 0 Å². The summed E-state index contributed by atoms with van der Waals surface area (Å²) in [4.78, 5) is 27.7. The SMILES string of the molecule is CC(=O)NCc1ccc(-c2csc(NC(=O)c3ccccc3S(C)(=O)=O)n2)o1. The van der Waals surface area contributed by atoms with Crippen LogP contribution in [0.5, 0.6) is 0 Å². The zero-order chi connectivity index (χ0) is 20.3. The average Bonchev–Trinajstić information content (AvgIpc) is 3.28. The Bertz CT molecular complexity index is 1130. The molecule has 0 atom stereocenters. The number of carbonyl (C=O) groups is 2. The lowest BCUT2D eigenvalue weighted by molar-refractivity contribution is -0.119. The molecule has 0 bridgehead atoms. The number of amides is 2. The van der Waals surface area contributed by atoms with E-state index in [-0.39, 0.29) is 22.9 Å². The summed E-state index contributed by atoms with van der Waals surface area (Å²) in [5.74, 6) is 0.346. The topological polar surface area (TPSA) is 118 Å². The Balaban J connectivity index is 1.75. The second-order valence-corrected chi connectivity index (χ2v) is 8.78. The molecule has 2 heterocycles. The van der Waals surface area contributed by atoms with Crippen molar-refractivity contribution < 1.29 is 22.4 Å². The molecule has 146 valence electrons. The molecule has 3 aromatic rings.